The molecule has 0 atom stereocenters. The topological polar surface area (TPSA) is 224 Å². The third kappa shape index (κ3) is 2360. The molecule has 0 bridgehead atoms. The minimum atomic E-state index is -1.75. The Labute approximate surface area is 68.1 Å². The number of rotatable bonds is 0. The predicted molar refractivity (Wildman–Crippen MR) is 28.4 cm³/mol. The Bertz CT molecular complexity index is 32.2. The van der Waals surface area contributed by atoms with Crippen molar-refractivity contribution in [3.8, 4) is 0 Å². The Morgan fingerprint density at radius 3 is 0.800 bits per heavy atom. The molecule has 0 aromatic carbocycles. The van der Waals surface area contributed by atoms with Crippen LogP contribution < -0.4 is 0 Å². The number of hydrogen-bond acceptors (Lipinski definition) is 3. The molecule has 0 radical (unpaired) electrons. The van der Waals surface area contributed by atoms with Gasteiger partial charge in [-0.1, -0.05) is 0 Å². The molecular weight excluding hydrogens is 207 g/mol. The van der Waals surface area contributed by atoms with Crippen LogP contribution in [0.3, 0.4) is 0 Å². The van der Waals surface area contributed by atoms with E-state index < -0.39 is 5.09 Å². The molecule has 0 aliphatic rings. The van der Waals surface area contributed by atoms with Gasteiger partial charge in [-0.2, -0.15) is 0 Å². The molecule has 0 aromatic rings. The molecule has 0 amide bonds. The minimum Gasteiger partial charge on any atom is -0.412 e. The van der Waals surface area contributed by atoms with E-state index >= 15 is 0 Å². The molecule has 0 fully saturated rings. The Kier molecular flexibility index (Phi) is 757. The van der Waals surface area contributed by atoms with Gasteiger partial charge in [0.05, 0.1) is 5.09 Å². The summed E-state index contributed by atoms with van der Waals surface area (Å²) in [5.41, 5.74) is 0. The molecule has 0 saturated carbocycles. The Hall–Kier alpha value is -0.377. The minimum absolute atomic E-state index is 0. The number of hydrogen-bond donors (Lipinski definition) is 0. The fourth-order valence-corrected chi connectivity index (χ4v) is 0. The summed E-state index contributed by atoms with van der Waals surface area (Å²) in [4.78, 5) is 8.25. The summed E-state index contributed by atoms with van der Waals surface area (Å²) in [7, 11) is 0. The Balaban J connectivity index is -0.00000000300. The van der Waals surface area contributed by atoms with Crippen LogP contribution in [-0.2, 0) is 19.5 Å². The molecule has 0 rings (SSSR count). The van der Waals surface area contributed by atoms with Crippen LogP contribution in [0.15, 0.2) is 0 Å². The maximum Gasteiger partial charge on any atom is 2.00 e. The third-order valence-corrected chi connectivity index (χ3v) is 0. The summed E-state index contributed by atoms with van der Waals surface area (Å²) in [5, 5.41) is 14.8. The van der Waals surface area contributed by atoms with Crippen molar-refractivity contribution in [1.82, 2.24) is 0 Å². The van der Waals surface area contributed by atoms with E-state index in [4.69, 9.17) is 15.3 Å². The molecule has 10 heavy (non-hydrogen) atoms. The van der Waals surface area contributed by atoms with Crippen molar-refractivity contribution in [2.24, 2.45) is 0 Å². The number of nitrogens with zero attached hydrogens (tertiary/aromatic N) is 1. The van der Waals surface area contributed by atoms with Crippen LogP contribution in [-0.4, -0.2) is 32.5 Å². The largest absolute Gasteiger partial charge is 2.00 e. The zero-order chi connectivity index (χ0) is 3.58. The second kappa shape index (κ2) is 72.8. The fraction of sp³-hybridized carbons (Fsp3) is 0. The van der Waals surface area contributed by atoms with Gasteiger partial charge in [-0.3, -0.25) is 0 Å². The van der Waals surface area contributed by atoms with Crippen molar-refractivity contribution in [2.75, 3.05) is 0 Å². The second-order valence-corrected chi connectivity index (χ2v) is 0.224. The average Bonchev–Trinajstić information content (AvgIpc) is 0.811. The molecule has 10 N–H and O–H groups in total. The maximum absolute atomic E-state index is 8.25. The summed E-state index contributed by atoms with van der Waals surface area (Å²) in [6.07, 6.45) is 0. The molecule has 10 heteroatoms. The Morgan fingerprint density at radius 2 is 0.800 bits per heavy atom. The van der Waals surface area contributed by atoms with E-state index in [1.165, 1.54) is 0 Å². The molecule has 0 aliphatic carbocycles. The van der Waals surface area contributed by atoms with Gasteiger partial charge in [0.15, 0.2) is 0 Å². The second-order valence-electron chi connectivity index (χ2n) is 0.224. The van der Waals surface area contributed by atoms with E-state index in [0.29, 0.717) is 0 Å². The fourth-order valence-electron chi connectivity index (χ4n) is 0. The van der Waals surface area contributed by atoms with E-state index in [1.54, 1.807) is 0 Å². The third-order valence-electron chi connectivity index (χ3n) is 0. The average molecular weight is 217 g/mol. The smallest absolute Gasteiger partial charge is 0.412 e. The standard InChI is InChI=1S/NO3.5H2O.Zn/c2-1(3)4;;;;;;/h;5*1H2;/q-1;;;;;;+2. The first-order chi connectivity index (χ1) is 1.73. The van der Waals surface area contributed by atoms with Gasteiger partial charge in [0.2, 0.25) is 0 Å². The van der Waals surface area contributed by atoms with Crippen molar-refractivity contribution in [3.63, 3.8) is 0 Å². The van der Waals surface area contributed by atoms with Crippen LogP contribution in [0, 0.1) is 15.3 Å². The molecule has 64 valence electrons. The molecular formula is H10NO8Zn+. The SMILES string of the molecule is O.O.O.O.O.O=[N+]([O-])[O-].[Zn+2]. The van der Waals surface area contributed by atoms with Crippen LogP contribution in [0.5, 0.6) is 0 Å². The molecule has 0 unspecified atom stereocenters. The van der Waals surface area contributed by atoms with E-state index in [0.717, 1.165) is 0 Å². The van der Waals surface area contributed by atoms with E-state index in [9.17, 15) is 0 Å². The summed E-state index contributed by atoms with van der Waals surface area (Å²) in [6, 6.07) is 0. The van der Waals surface area contributed by atoms with Crippen LogP contribution in [0.2, 0.25) is 0 Å². The van der Waals surface area contributed by atoms with Gasteiger partial charge < -0.3 is 42.7 Å². The molecule has 0 spiro atoms. The van der Waals surface area contributed by atoms with Gasteiger partial charge >= 0.3 is 19.5 Å². The molecule has 0 aliphatic heterocycles. The van der Waals surface area contributed by atoms with Crippen molar-refractivity contribution < 1.29 is 51.9 Å². The summed E-state index contributed by atoms with van der Waals surface area (Å²) in [6.45, 7) is 0. The van der Waals surface area contributed by atoms with Gasteiger partial charge in [-0.25, -0.2) is 0 Å². The summed E-state index contributed by atoms with van der Waals surface area (Å²) >= 11 is 0. The summed E-state index contributed by atoms with van der Waals surface area (Å²) < 4.78 is 0. The molecule has 0 heterocycles. The molecule has 0 saturated heterocycles. The van der Waals surface area contributed by atoms with Gasteiger partial charge in [0.1, 0.15) is 0 Å². The van der Waals surface area contributed by atoms with Gasteiger partial charge in [-0.05, 0) is 0 Å². The van der Waals surface area contributed by atoms with Gasteiger partial charge in [0.25, 0.3) is 0 Å². The zero-order valence-electron chi connectivity index (χ0n) is 4.88. The van der Waals surface area contributed by atoms with Crippen molar-refractivity contribution in [1.29, 1.82) is 0 Å². The van der Waals surface area contributed by atoms with E-state index in [-0.39, 0.29) is 46.9 Å². The predicted octanol–water partition coefficient (Wildman–Crippen LogP) is -4.37. The first-order valence-corrected chi connectivity index (χ1v) is 0.548. The van der Waals surface area contributed by atoms with Gasteiger partial charge in [0, 0.05) is 0 Å². The molecule has 9 nitrogen and oxygen atoms in total. The first kappa shape index (κ1) is 104. The van der Waals surface area contributed by atoms with Crippen LogP contribution in [0.4, 0.5) is 0 Å². The van der Waals surface area contributed by atoms with Crippen LogP contribution in [0.1, 0.15) is 0 Å². The monoisotopic (exact) mass is 216 g/mol. The van der Waals surface area contributed by atoms with Crippen LogP contribution in [0.25, 0.3) is 0 Å². The maximum atomic E-state index is 8.25. The van der Waals surface area contributed by atoms with Crippen LogP contribution >= 0.6 is 0 Å². The Morgan fingerprint density at radius 1 is 0.800 bits per heavy atom. The summed E-state index contributed by atoms with van der Waals surface area (Å²) in [5.74, 6) is 0. The molecule has 0 aromatic heterocycles. The van der Waals surface area contributed by atoms with E-state index in [1.807, 2.05) is 0 Å². The van der Waals surface area contributed by atoms with Crippen molar-refractivity contribution in [3.05, 3.63) is 15.3 Å². The van der Waals surface area contributed by atoms with Crippen molar-refractivity contribution in [2.45, 2.75) is 0 Å². The van der Waals surface area contributed by atoms with Gasteiger partial charge in [-0.15, -0.1) is 0 Å². The normalized spacial score (nSPS) is 2.40. The quantitative estimate of drug-likeness (QED) is 0.223. The van der Waals surface area contributed by atoms with E-state index in [2.05, 4.69) is 0 Å². The zero-order valence-corrected chi connectivity index (χ0v) is 7.85. The van der Waals surface area contributed by atoms with Crippen molar-refractivity contribution >= 4 is 0 Å². The first-order valence-electron chi connectivity index (χ1n) is 0.548.